The second kappa shape index (κ2) is 8.26. The summed E-state index contributed by atoms with van der Waals surface area (Å²) in [6.07, 6.45) is 3.94. The SMILES string of the molecule is c1ccc2cc(Sc3c4ccccc4c(-c4cccc5ccccc45)c4cnccc34)ccc2c1. The summed E-state index contributed by atoms with van der Waals surface area (Å²) in [6, 6.07) is 41.5. The lowest BCUT2D eigenvalue weighted by Crippen LogP contribution is -1.91. The van der Waals surface area contributed by atoms with Crippen LogP contribution in [0, 0.1) is 0 Å². The topological polar surface area (TPSA) is 12.9 Å². The molecule has 0 aliphatic carbocycles. The smallest absolute Gasteiger partial charge is 0.0353 e. The first kappa shape index (κ1) is 20.3. The zero-order valence-electron chi connectivity index (χ0n) is 19.0. The number of pyridine rings is 1. The van der Waals surface area contributed by atoms with Crippen LogP contribution in [0.2, 0.25) is 0 Å². The lowest BCUT2D eigenvalue weighted by molar-refractivity contribution is 1.36. The Morgan fingerprint density at radius 3 is 2.06 bits per heavy atom. The molecule has 0 bridgehead atoms. The van der Waals surface area contributed by atoms with Crippen LogP contribution in [0.5, 0.6) is 0 Å². The van der Waals surface area contributed by atoms with Crippen molar-refractivity contribution in [2.24, 2.45) is 0 Å². The number of nitrogens with zero attached hydrogens (tertiary/aromatic N) is 1. The van der Waals surface area contributed by atoms with Gasteiger partial charge in [0.2, 0.25) is 0 Å². The van der Waals surface area contributed by atoms with Crippen molar-refractivity contribution in [3.63, 3.8) is 0 Å². The summed E-state index contributed by atoms with van der Waals surface area (Å²) in [4.78, 5) is 7.08. The molecule has 7 aromatic rings. The summed E-state index contributed by atoms with van der Waals surface area (Å²) >= 11 is 1.84. The molecule has 0 fully saturated rings. The normalized spacial score (nSPS) is 11.5. The van der Waals surface area contributed by atoms with Crippen LogP contribution in [0.4, 0.5) is 0 Å². The van der Waals surface area contributed by atoms with E-state index in [1.165, 1.54) is 64.0 Å². The molecular formula is C33H21NS. The van der Waals surface area contributed by atoms with Crippen molar-refractivity contribution in [2.45, 2.75) is 9.79 Å². The molecule has 2 heteroatoms. The molecule has 0 aliphatic rings. The van der Waals surface area contributed by atoms with Gasteiger partial charge in [0.15, 0.2) is 0 Å². The summed E-state index contributed by atoms with van der Waals surface area (Å²) < 4.78 is 0. The van der Waals surface area contributed by atoms with Gasteiger partial charge >= 0.3 is 0 Å². The van der Waals surface area contributed by atoms with Crippen molar-refractivity contribution < 1.29 is 0 Å². The fourth-order valence-electron chi connectivity index (χ4n) is 5.17. The zero-order valence-corrected chi connectivity index (χ0v) is 19.8. The average molecular weight is 464 g/mol. The molecule has 0 atom stereocenters. The van der Waals surface area contributed by atoms with Gasteiger partial charge in [0, 0.05) is 27.6 Å². The second-order valence-corrected chi connectivity index (χ2v) is 9.89. The number of aromatic nitrogens is 1. The fraction of sp³-hybridized carbons (Fsp3) is 0. The minimum absolute atomic E-state index is 1.19. The number of hydrogen-bond acceptors (Lipinski definition) is 2. The van der Waals surface area contributed by atoms with Gasteiger partial charge in [0.1, 0.15) is 0 Å². The molecule has 1 heterocycles. The molecule has 7 rings (SSSR count). The highest BCUT2D eigenvalue weighted by Crippen LogP contribution is 2.46. The largest absolute Gasteiger partial charge is 0.264 e. The Kier molecular flexibility index (Phi) is 4.78. The van der Waals surface area contributed by atoms with Crippen molar-refractivity contribution >= 4 is 54.9 Å². The number of hydrogen-bond donors (Lipinski definition) is 0. The third kappa shape index (κ3) is 3.38. The third-order valence-electron chi connectivity index (χ3n) is 6.78. The highest BCUT2D eigenvalue weighted by atomic mass is 32.2. The van der Waals surface area contributed by atoms with E-state index in [1.54, 1.807) is 0 Å². The summed E-state index contributed by atoms with van der Waals surface area (Å²) in [6.45, 7) is 0. The standard InChI is InChI=1S/C33H21NS/c1-2-10-24-20-25(17-16-22(24)8-1)35-33-29-14-6-5-13-28(29)32(31-21-34-19-18-30(31)33)27-15-7-11-23-9-3-4-12-26(23)27/h1-21H. The Bertz CT molecular complexity index is 1820. The first-order valence-corrected chi connectivity index (χ1v) is 12.6. The fourth-order valence-corrected chi connectivity index (χ4v) is 6.31. The van der Waals surface area contributed by atoms with E-state index in [1.807, 2.05) is 24.2 Å². The molecule has 0 spiro atoms. The van der Waals surface area contributed by atoms with E-state index < -0.39 is 0 Å². The van der Waals surface area contributed by atoms with E-state index in [2.05, 4.69) is 120 Å². The van der Waals surface area contributed by atoms with Crippen molar-refractivity contribution in [3.05, 3.63) is 128 Å². The summed E-state index contributed by atoms with van der Waals surface area (Å²) in [5.41, 5.74) is 2.50. The maximum Gasteiger partial charge on any atom is 0.0353 e. The monoisotopic (exact) mass is 463 g/mol. The quantitative estimate of drug-likeness (QED) is 0.242. The molecule has 0 saturated carbocycles. The first-order valence-electron chi connectivity index (χ1n) is 11.8. The van der Waals surface area contributed by atoms with Gasteiger partial charge in [0.25, 0.3) is 0 Å². The van der Waals surface area contributed by atoms with Crippen molar-refractivity contribution in [1.82, 2.24) is 4.98 Å². The van der Waals surface area contributed by atoms with E-state index in [0.29, 0.717) is 0 Å². The molecule has 6 aromatic carbocycles. The molecular weight excluding hydrogens is 442 g/mol. The number of rotatable bonds is 3. The van der Waals surface area contributed by atoms with E-state index in [4.69, 9.17) is 0 Å². The summed E-state index contributed by atoms with van der Waals surface area (Å²) in [5, 5.41) is 9.99. The Labute approximate surface area is 208 Å². The maximum absolute atomic E-state index is 4.57. The number of fused-ring (bicyclic) bond motifs is 4. The molecule has 0 aliphatic heterocycles. The molecule has 1 aromatic heterocycles. The molecule has 0 unspecified atom stereocenters. The molecule has 0 saturated heterocycles. The van der Waals surface area contributed by atoms with Gasteiger partial charge in [-0.1, -0.05) is 109 Å². The van der Waals surface area contributed by atoms with Crippen molar-refractivity contribution in [2.75, 3.05) is 0 Å². The van der Waals surface area contributed by atoms with Crippen molar-refractivity contribution in [3.8, 4) is 11.1 Å². The molecule has 0 N–H and O–H groups in total. The highest BCUT2D eigenvalue weighted by Gasteiger charge is 2.17. The van der Waals surface area contributed by atoms with Crippen LogP contribution in [0.15, 0.2) is 137 Å². The van der Waals surface area contributed by atoms with E-state index in [0.717, 1.165) is 0 Å². The minimum Gasteiger partial charge on any atom is -0.264 e. The van der Waals surface area contributed by atoms with Gasteiger partial charge in [0.05, 0.1) is 0 Å². The summed E-state index contributed by atoms with van der Waals surface area (Å²) in [7, 11) is 0. The zero-order chi connectivity index (χ0) is 23.2. The van der Waals surface area contributed by atoms with Gasteiger partial charge in [-0.2, -0.15) is 0 Å². The molecule has 0 radical (unpaired) electrons. The van der Waals surface area contributed by atoms with E-state index in [-0.39, 0.29) is 0 Å². The molecule has 0 amide bonds. The Morgan fingerprint density at radius 1 is 0.486 bits per heavy atom. The third-order valence-corrected chi connectivity index (χ3v) is 7.91. The second-order valence-electron chi connectivity index (χ2n) is 8.81. The van der Waals surface area contributed by atoms with Gasteiger partial charge in [-0.3, -0.25) is 4.98 Å². The Hall–Kier alpha value is -4.14. The van der Waals surface area contributed by atoms with Crippen LogP contribution < -0.4 is 0 Å². The molecule has 164 valence electrons. The predicted octanol–water partition coefficient (Wildman–Crippen LogP) is 9.51. The summed E-state index contributed by atoms with van der Waals surface area (Å²) in [5.74, 6) is 0. The van der Waals surface area contributed by atoms with Crippen molar-refractivity contribution in [1.29, 1.82) is 0 Å². The Balaban J connectivity index is 1.54. The lowest BCUT2D eigenvalue weighted by atomic mass is 9.90. The molecule has 35 heavy (non-hydrogen) atoms. The highest BCUT2D eigenvalue weighted by molar-refractivity contribution is 7.99. The van der Waals surface area contributed by atoms with E-state index >= 15 is 0 Å². The van der Waals surface area contributed by atoms with Gasteiger partial charge in [-0.15, -0.1) is 0 Å². The number of benzene rings is 6. The maximum atomic E-state index is 4.57. The lowest BCUT2D eigenvalue weighted by Gasteiger charge is -2.18. The predicted molar refractivity (Wildman–Crippen MR) is 150 cm³/mol. The van der Waals surface area contributed by atoms with Crippen LogP contribution in [0.1, 0.15) is 0 Å². The van der Waals surface area contributed by atoms with Crippen LogP contribution in [0.3, 0.4) is 0 Å². The van der Waals surface area contributed by atoms with Gasteiger partial charge in [-0.25, -0.2) is 0 Å². The molecule has 1 nitrogen and oxygen atoms in total. The van der Waals surface area contributed by atoms with Crippen LogP contribution in [-0.2, 0) is 0 Å². The van der Waals surface area contributed by atoms with Gasteiger partial charge in [-0.05, 0) is 67.0 Å². The van der Waals surface area contributed by atoms with Crippen LogP contribution in [0.25, 0.3) is 54.2 Å². The minimum atomic E-state index is 1.19. The van der Waals surface area contributed by atoms with Crippen LogP contribution in [-0.4, -0.2) is 4.98 Å². The van der Waals surface area contributed by atoms with Crippen LogP contribution >= 0.6 is 11.8 Å². The van der Waals surface area contributed by atoms with E-state index in [9.17, 15) is 0 Å². The van der Waals surface area contributed by atoms with Gasteiger partial charge < -0.3 is 0 Å². The average Bonchev–Trinajstić information content (AvgIpc) is 2.93. The Morgan fingerprint density at radius 2 is 1.17 bits per heavy atom. The first-order chi connectivity index (χ1) is 17.4.